The van der Waals surface area contributed by atoms with Crippen molar-refractivity contribution in [1.29, 1.82) is 0 Å². The highest BCUT2D eigenvalue weighted by Crippen LogP contribution is 2.13. The Morgan fingerprint density at radius 3 is 1.90 bits per heavy atom. The third kappa shape index (κ3) is 16.2. The number of nitrogens with one attached hydrogen (secondary N) is 5. The molecular formula is C37H51IN6O8. The molecule has 0 aliphatic heterocycles. The number of carbonyl (C=O) groups is 7. The van der Waals surface area contributed by atoms with Crippen molar-refractivity contribution < 1.29 is 38.3 Å². The van der Waals surface area contributed by atoms with Gasteiger partial charge in [-0.05, 0) is 79.0 Å². The minimum Gasteiger partial charge on any atom is -0.460 e. The van der Waals surface area contributed by atoms with Crippen LogP contribution in [0, 0.1) is 9.49 Å². The van der Waals surface area contributed by atoms with Crippen molar-refractivity contribution in [3.05, 3.63) is 69.3 Å². The van der Waals surface area contributed by atoms with Crippen LogP contribution in [0.3, 0.4) is 0 Å². The minimum atomic E-state index is -1.30. The van der Waals surface area contributed by atoms with E-state index in [1.54, 1.807) is 58.0 Å². The highest BCUT2D eigenvalue weighted by molar-refractivity contribution is 14.1. The summed E-state index contributed by atoms with van der Waals surface area (Å²) in [4.78, 5) is 90.1. The normalized spacial score (nSPS) is 14.0. The van der Waals surface area contributed by atoms with Crippen LogP contribution in [-0.2, 0) is 51.1 Å². The fourth-order valence-electron chi connectivity index (χ4n) is 5.05. The summed E-state index contributed by atoms with van der Waals surface area (Å²) in [6.45, 7) is 9.48. The number of carbonyl (C=O) groups excluding carboxylic acids is 7. The Bertz CT molecular complexity index is 1550. The summed E-state index contributed by atoms with van der Waals surface area (Å²) in [5, 5.41) is 13.0. The summed E-state index contributed by atoms with van der Waals surface area (Å²) in [5.74, 6) is -4.81. The van der Waals surface area contributed by atoms with E-state index in [1.165, 1.54) is 6.92 Å². The fourth-order valence-corrected chi connectivity index (χ4v) is 5.41. The topological polar surface area (TPSA) is 215 Å². The predicted octanol–water partition coefficient (Wildman–Crippen LogP) is 1.81. The molecule has 7 N–H and O–H groups in total. The Labute approximate surface area is 318 Å². The number of hydrogen-bond donors (Lipinski definition) is 6. The van der Waals surface area contributed by atoms with Gasteiger partial charge in [0, 0.05) is 29.8 Å². The van der Waals surface area contributed by atoms with Crippen LogP contribution in [0.25, 0.3) is 0 Å². The lowest BCUT2D eigenvalue weighted by molar-refractivity contribution is -0.155. The summed E-state index contributed by atoms with van der Waals surface area (Å²) in [5.41, 5.74) is 6.28. The summed E-state index contributed by atoms with van der Waals surface area (Å²) in [7, 11) is 0. The van der Waals surface area contributed by atoms with Crippen LogP contribution < -0.4 is 32.3 Å². The number of amides is 6. The van der Waals surface area contributed by atoms with Crippen molar-refractivity contribution >= 4 is 64.0 Å². The monoisotopic (exact) mass is 834 g/mol. The first-order chi connectivity index (χ1) is 24.4. The smallest absolute Gasteiger partial charge is 0.306 e. The molecule has 15 heteroatoms. The molecular weight excluding hydrogens is 783 g/mol. The SMILES string of the molecule is CC[C@H](C)[C@H](NC(C)=O)C(=O)N[C@@H](Cc1ccc(I)cc1)C(=O)NCC(=O)N[C@@H](CCC(=O)OC(C)(C)C)C(=O)N[C@@H](Cc1ccccc1)C(N)=O. The van der Waals surface area contributed by atoms with Gasteiger partial charge >= 0.3 is 5.97 Å². The summed E-state index contributed by atoms with van der Waals surface area (Å²) in [6.07, 6.45) is 0.348. The lowest BCUT2D eigenvalue weighted by Crippen LogP contribution is -2.57. The summed E-state index contributed by atoms with van der Waals surface area (Å²) >= 11 is 2.15. The number of ether oxygens (including phenoxy) is 1. The van der Waals surface area contributed by atoms with E-state index in [1.807, 2.05) is 31.2 Å². The van der Waals surface area contributed by atoms with Crippen molar-refractivity contribution in [3.63, 3.8) is 0 Å². The van der Waals surface area contributed by atoms with Crippen molar-refractivity contribution in [1.82, 2.24) is 26.6 Å². The van der Waals surface area contributed by atoms with Crippen LogP contribution >= 0.6 is 22.6 Å². The molecule has 0 saturated heterocycles. The average Bonchev–Trinajstić information content (AvgIpc) is 3.07. The third-order valence-electron chi connectivity index (χ3n) is 7.91. The molecule has 5 atom stereocenters. The van der Waals surface area contributed by atoms with Gasteiger partial charge in [0.15, 0.2) is 0 Å². The Morgan fingerprint density at radius 1 is 0.769 bits per heavy atom. The second-order valence-corrected chi connectivity index (χ2v) is 14.8. The van der Waals surface area contributed by atoms with Gasteiger partial charge in [0.2, 0.25) is 35.4 Å². The third-order valence-corrected chi connectivity index (χ3v) is 8.63. The molecule has 0 aliphatic rings. The van der Waals surface area contributed by atoms with E-state index < -0.39 is 77.7 Å². The predicted molar refractivity (Wildman–Crippen MR) is 203 cm³/mol. The van der Waals surface area contributed by atoms with Crippen molar-refractivity contribution in [3.8, 4) is 0 Å². The average molecular weight is 835 g/mol. The standard InChI is InChI=1S/C37H51IN6O8/c1-7-22(2)32(41-23(3)45)36(51)44-29(20-25-13-15-26(38)16-14-25)34(49)40-21-30(46)42-27(17-18-31(47)52-37(4,5)6)35(50)43-28(33(39)48)19-24-11-9-8-10-12-24/h8-16,22,27-29,32H,7,17-21H2,1-6H3,(H2,39,48)(H,40,49)(H,41,45)(H,42,46)(H,43,50)(H,44,51)/t22-,27-,28-,29-,32-/m0/s1. The fraction of sp³-hybridized carbons (Fsp3) is 0.486. The highest BCUT2D eigenvalue weighted by atomic mass is 127. The van der Waals surface area contributed by atoms with Crippen molar-refractivity contribution in [2.75, 3.05) is 6.54 Å². The molecule has 284 valence electrons. The molecule has 6 amide bonds. The van der Waals surface area contributed by atoms with E-state index in [-0.39, 0.29) is 31.6 Å². The highest BCUT2D eigenvalue weighted by Gasteiger charge is 2.31. The number of nitrogens with two attached hydrogens (primary N) is 1. The van der Waals surface area contributed by atoms with E-state index in [2.05, 4.69) is 49.2 Å². The zero-order valence-corrected chi connectivity index (χ0v) is 32.7. The molecule has 0 aromatic heterocycles. The molecule has 0 aliphatic carbocycles. The van der Waals surface area contributed by atoms with Gasteiger partial charge < -0.3 is 37.1 Å². The van der Waals surface area contributed by atoms with E-state index in [4.69, 9.17) is 10.5 Å². The number of hydrogen-bond acceptors (Lipinski definition) is 8. The molecule has 2 rings (SSSR count). The number of rotatable bonds is 19. The molecule has 52 heavy (non-hydrogen) atoms. The van der Waals surface area contributed by atoms with Crippen molar-refractivity contribution in [2.24, 2.45) is 11.7 Å². The number of primary amides is 1. The van der Waals surface area contributed by atoms with Gasteiger partial charge in [-0.15, -0.1) is 0 Å². The van der Waals surface area contributed by atoms with E-state index >= 15 is 0 Å². The largest absolute Gasteiger partial charge is 0.460 e. The van der Waals surface area contributed by atoms with Gasteiger partial charge in [-0.25, -0.2) is 0 Å². The summed E-state index contributed by atoms with van der Waals surface area (Å²) in [6, 6.07) is 11.8. The van der Waals surface area contributed by atoms with Gasteiger partial charge in [0.25, 0.3) is 0 Å². The van der Waals surface area contributed by atoms with E-state index in [0.717, 1.165) is 14.7 Å². The second-order valence-electron chi connectivity index (χ2n) is 13.6. The molecule has 0 radical (unpaired) electrons. The van der Waals surface area contributed by atoms with E-state index in [0.29, 0.717) is 6.42 Å². The first-order valence-electron chi connectivity index (χ1n) is 17.1. The first kappa shape index (κ1) is 43.6. The molecule has 2 aromatic carbocycles. The molecule has 2 aromatic rings. The van der Waals surface area contributed by atoms with Crippen LogP contribution in [-0.4, -0.2) is 77.7 Å². The molecule has 0 heterocycles. The maximum Gasteiger partial charge on any atom is 0.306 e. The quantitative estimate of drug-likeness (QED) is 0.0905. The maximum absolute atomic E-state index is 13.5. The zero-order valence-electron chi connectivity index (χ0n) is 30.5. The van der Waals surface area contributed by atoms with Crippen LogP contribution in [0.2, 0.25) is 0 Å². The number of halogens is 1. The molecule has 14 nitrogen and oxygen atoms in total. The van der Waals surface area contributed by atoms with Crippen LogP contribution in [0.5, 0.6) is 0 Å². The van der Waals surface area contributed by atoms with Crippen LogP contribution in [0.1, 0.15) is 71.9 Å². The van der Waals surface area contributed by atoms with Crippen LogP contribution in [0.15, 0.2) is 54.6 Å². The van der Waals surface area contributed by atoms with Crippen LogP contribution in [0.4, 0.5) is 0 Å². The molecule has 0 unspecified atom stereocenters. The molecule has 0 spiro atoms. The maximum atomic E-state index is 13.5. The Morgan fingerprint density at radius 2 is 1.35 bits per heavy atom. The Balaban J connectivity index is 2.23. The lowest BCUT2D eigenvalue weighted by Gasteiger charge is -2.26. The molecule has 0 saturated carbocycles. The Hall–Kier alpha value is -4.54. The summed E-state index contributed by atoms with van der Waals surface area (Å²) < 4.78 is 6.32. The van der Waals surface area contributed by atoms with Gasteiger partial charge in [0.1, 0.15) is 29.8 Å². The van der Waals surface area contributed by atoms with Gasteiger partial charge in [-0.3, -0.25) is 33.6 Å². The van der Waals surface area contributed by atoms with Gasteiger partial charge in [-0.1, -0.05) is 62.7 Å². The minimum absolute atomic E-state index is 0.0836. The van der Waals surface area contributed by atoms with Gasteiger partial charge in [0.05, 0.1) is 6.54 Å². The first-order valence-corrected chi connectivity index (χ1v) is 18.2. The van der Waals surface area contributed by atoms with Crippen molar-refractivity contribution in [2.45, 2.75) is 103 Å². The molecule has 0 bridgehead atoms. The zero-order chi connectivity index (χ0) is 39.0. The second kappa shape index (κ2) is 21.1. The lowest BCUT2D eigenvalue weighted by atomic mass is 9.97. The van der Waals surface area contributed by atoms with E-state index in [9.17, 15) is 33.6 Å². The Kier molecular flexibility index (Phi) is 17.7. The number of benzene rings is 2. The molecule has 0 fully saturated rings. The number of esters is 1. The van der Waals surface area contributed by atoms with Gasteiger partial charge in [-0.2, -0.15) is 0 Å².